The van der Waals surface area contributed by atoms with Gasteiger partial charge in [0.25, 0.3) is 0 Å². The summed E-state index contributed by atoms with van der Waals surface area (Å²) in [6.45, 7) is 0.546. The molecule has 0 amide bonds. The molecule has 4 rings (SSSR count). The van der Waals surface area contributed by atoms with Crippen LogP contribution in [0.2, 0.25) is 0 Å². The van der Waals surface area contributed by atoms with Crippen LogP contribution in [0.3, 0.4) is 0 Å². The van der Waals surface area contributed by atoms with Crippen molar-refractivity contribution in [2.45, 2.75) is 6.54 Å². The van der Waals surface area contributed by atoms with Crippen LogP contribution in [0.25, 0.3) is 11.3 Å². The molecule has 0 aliphatic rings. The van der Waals surface area contributed by atoms with Gasteiger partial charge in [0.2, 0.25) is 4.80 Å². The first-order chi connectivity index (χ1) is 15.2. The number of para-hydroxylation sites is 1. The van der Waals surface area contributed by atoms with Gasteiger partial charge >= 0.3 is 0 Å². The van der Waals surface area contributed by atoms with E-state index in [2.05, 4.69) is 21.0 Å². The van der Waals surface area contributed by atoms with Gasteiger partial charge in [0, 0.05) is 21.0 Å². The number of rotatable bonds is 6. The number of aromatic hydroxyl groups is 1. The second-order valence-corrected chi connectivity index (χ2v) is 8.42. The van der Waals surface area contributed by atoms with Crippen molar-refractivity contribution in [1.82, 2.24) is 4.68 Å². The van der Waals surface area contributed by atoms with Crippen molar-refractivity contribution >= 4 is 33.5 Å². The van der Waals surface area contributed by atoms with Gasteiger partial charge in [-0.3, -0.25) is 4.99 Å². The van der Waals surface area contributed by atoms with Crippen LogP contribution < -0.4 is 9.54 Å². The fraction of sp³-hybridized carbons (Fsp3) is 0.0833. The summed E-state index contributed by atoms with van der Waals surface area (Å²) in [5.74, 6) is 0.911. The average Bonchev–Trinajstić information content (AvgIpc) is 3.21. The number of ether oxygens (including phenoxy) is 1. The van der Waals surface area contributed by atoms with Crippen molar-refractivity contribution in [3.05, 3.63) is 98.6 Å². The zero-order valence-corrected chi connectivity index (χ0v) is 19.2. The number of aromatic nitrogens is 1. The third-order valence-corrected chi connectivity index (χ3v) is 5.96. The smallest absolute Gasteiger partial charge is 0.206 e. The van der Waals surface area contributed by atoms with Gasteiger partial charge in [0.1, 0.15) is 11.5 Å². The zero-order valence-electron chi connectivity index (χ0n) is 16.8. The average molecular weight is 494 g/mol. The largest absolute Gasteiger partial charge is 0.507 e. The van der Waals surface area contributed by atoms with Crippen LogP contribution in [0.15, 0.2) is 92.7 Å². The quantitative estimate of drug-likeness (QED) is 0.351. The van der Waals surface area contributed by atoms with Crippen molar-refractivity contribution in [1.29, 1.82) is 0 Å². The molecule has 0 saturated carbocycles. The molecular formula is C24H20BrN3O2S. The van der Waals surface area contributed by atoms with Gasteiger partial charge in [0.15, 0.2) is 0 Å². The molecule has 1 heterocycles. The van der Waals surface area contributed by atoms with Crippen LogP contribution in [0.4, 0.5) is 0 Å². The van der Waals surface area contributed by atoms with Gasteiger partial charge in [-0.25, -0.2) is 4.68 Å². The van der Waals surface area contributed by atoms with E-state index in [0.717, 1.165) is 31.8 Å². The maximum absolute atomic E-state index is 10.2. The monoisotopic (exact) mass is 493 g/mol. The standard InChI is InChI=1S/C24H20BrN3O2S/c1-30-23-10-6-5-9-20(23)21-16-31-24(26-14-17-7-3-2-4-8-17)28(21)27-15-18-13-19(25)11-12-22(18)29/h2-13,15-16,29H,14H2,1H3. The van der Waals surface area contributed by atoms with E-state index in [-0.39, 0.29) is 5.75 Å². The Balaban J connectivity index is 1.82. The lowest BCUT2D eigenvalue weighted by atomic mass is 10.1. The first-order valence-corrected chi connectivity index (χ1v) is 11.2. The number of nitrogens with zero attached hydrogens (tertiary/aromatic N) is 3. The fourth-order valence-electron chi connectivity index (χ4n) is 3.05. The van der Waals surface area contributed by atoms with Crippen molar-refractivity contribution in [3.63, 3.8) is 0 Å². The van der Waals surface area contributed by atoms with Crippen LogP contribution >= 0.6 is 27.3 Å². The van der Waals surface area contributed by atoms with E-state index in [1.54, 1.807) is 30.1 Å². The molecule has 156 valence electrons. The Morgan fingerprint density at radius 1 is 1.06 bits per heavy atom. The van der Waals surface area contributed by atoms with E-state index >= 15 is 0 Å². The van der Waals surface area contributed by atoms with E-state index < -0.39 is 0 Å². The first-order valence-electron chi connectivity index (χ1n) is 9.57. The van der Waals surface area contributed by atoms with Crippen LogP contribution in [0.5, 0.6) is 11.5 Å². The highest BCUT2D eigenvalue weighted by Crippen LogP contribution is 2.30. The molecular weight excluding hydrogens is 474 g/mol. The van der Waals surface area contributed by atoms with Gasteiger partial charge in [-0.05, 0) is 35.9 Å². The number of hydrogen-bond acceptors (Lipinski definition) is 5. The van der Waals surface area contributed by atoms with Crippen LogP contribution in [-0.4, -0.2) is 23.1 Å². The van der Waals surface area contributed by atoms with Gasteiger partial charge in [-0.1, -0.05) is 58.4 Å². The first kappa shape index (κ1) is 21.1. The molecule has 0 bridgehead atoms. The summed E-state index contributed by atoms with van der Waals surface area (Å²) < 4.78 is 8.20. The molecule has 0 aliphatic heterocycles. The number of hydrogen-bond donors (Lipinski definition) is 1. The molecule has 7 heteroatoms. The summed E-state index contributed by atoms with van der Waals surface area (Å²) in [6.07, 6.45) is 1.63. The maximum atomic E-state index is 10.2. The predicted molar refractivity (Wildman–Crippen MR) is 129 cm³/mol. The van der Waals surface area contributed by atoms with Gasteiger partial charge < -0.3 is 9.84 Å². The SMILES string of the molecule is COc1ccccc1-c1csc(=NCc2ccccc2)n1N=Cc1cc(Br)ccc1O. The van der Waals surface area contributed by atoms with Crippen LogP contribution in [0.1, 0.15) is 11.1 Å². The summed E-state index contributed by atoms with van der Waals surface area (Å²) >= 11 is 4.94. The highest BCUT2D eigenvalue weighted by molar-refractivity contribution is 9.10. The Morgan fingerprint density at radius 3 is 2.65 bits per heavy atom. The number of benzene rings is 3. The predicted octanol–water partition coefficient (Wildman–Crippen LogP) is 5.68. The van der Waals surface area contributed by atoms with E-state index in [9.17, 15) is 5.11 Å². The highest BCUT2D eigenvalue weighted by atomic mass is 79.9. The maximum Gasteiger partial charge on any atom is 0.206 e. The van der Waals surface area contributed by atoms with Crippen molar-refractivity contribution in [3.8, 4) is 22.8 Å². The molecule has 0 saturated heterocycles. The van der Waals surface area contributed by atoms with Gasteiger partial charge in [0.05, 0.1) is 25.6 Å². The van der Waals surface area contributed by atoms with E-state index in [1.807, 2.05) is 66.0 Å². The molecule has 0 radical (unpaired) electrons. The van der Waals surface area contributed by atoms with Crippen LogP contribution in [0, 0.1) is 0 Å². The topological polar surface area (TPSA) is 59.1 Å². The number of phenols is 1. The minimum Gasteiger partial charge on any atom is -0.507 e. The van der Waals surface area contributed by atoms with E-state index in [0.29, 0.717) is 12.1 Å². The molecule has 1 aromatic heterocycles. The van der Waals surface area contributed by atoms with Crippen molar-refractivity contribution in [2.24, 2.45) is 10.1 Å². The molecule has 3 aromatic carbocycles. The summed E-state index contributed by atoms with van der Waals surface area (Å²) in [4.78, 5) is 5.53. The molecule has 0 spiro atoms. The number of thiazole rings is 1. The fourth-order valence-corrected chi connectivity index (χ4v) is 4.26. The normalized spacial score (nSPS) is 11.9. The van der Waals surface area contributed by atoms with E-state index in [1.165, 1.54) is 11.3 Å². The summed E-state index contributed by atoms with van der Waals surface area (Å²) in [5.41, 5.74) is 3.50. The van der Waals surface area contributed by atoms with Crippen molar-refractivity contribution in [2.75, 3.05) is 7.11 Å². The Labute approximate surface area is 192 Å². The Kier molecular flexibility index (Phi) is 6.64. The molecule has 31 heavy (non-hydrogen) atoms. The molecule has 0 aliphatic carbocycles. The molecule has 0 unspecified atom stereocenters. The lowest BCUT2D eigenvalue weighted by Crippen LogP contribution is -2.12. The molecule has 5 nitrogen and oxygen atoms in total. The molecule has 0 atom stereocenters. The summed E-state index contributed by atoms with van der Waals surface area (Å²) in [6, 6.07) is 23.1. The minimum atomic E-state index is 0.157. The number of halogens is 1. The summed E-state index contributed by atoms with van der Waals surface area (Å²) in [7, 11) is 1.65. The zero-order chi connectivity index (χ0) is 21.6. The van der Waals surface area contributed by atoms with Crippen molar-refractivity contribution < 1.29 is 9.84 Å². The second kappa shape index (κ2) is 9.76. The Hall–Kier alpha value is -3.16. The molecule has 1 N–H and O–H groups in total. The van der Waals surface area contributed by atoms with Gasteiger partial charge in [-0.2, -0.15) is 5.10 Å². The minimum absolute atomic E-state index is 0.157. The summed E-state index contributed by atoms with van der Waals surface area (Å²) in [5, 5.41) is 16.9. The molecule has 4 aromatic rings. The molecule has 0 fully saturated rings. The lowest BCUT2D eigenvalue weighted by Gasteiger charge is -2.09. The number of methoxy groups -OCH3 is 1. The third kappa shape index (κ3) is 4.95. The second-order valence-electron chi connectivity index (χ2n) is 6.67. The van der Waals surface area contributed by atoms with Gasteiger partial charge in [-0.15, -0.1) is 11.3 Å². The van der Waals surface area contributed by atoms with Crippen LogP contribution in [-0.2, 0) is 6.54 Å². The Morgan fingerprint density at radius 2 is 1.84 bits per heavy atom. The van der Waals surface area contributed by atoms with E-state index in [4.69, 9.17) is 9.73 Å². The lowest BCUT2D eigenvalue weighted by molar-refractivity contribution is 0.416. The number of phenolic OH excluding ortho intramolecular Hbond substituents is 1. The third-order valence-electron chi connectivity index (χ3n) is 4.61. The Bertz CT molecular complexity index is 1280. The highest BCUT2D eigenvalue weighted by Gasteiger charge is 2.12.